The van der Waals surface area contributed by atoms with Crippen LogP contribution >= 0.6 is 0 Å². The summed E-state index contributed by atoms with van der Waals surface area (Å²) >= 11 is 0. The number of rotatable bonds is 3. The Balaban J connectivity index is 2.05. The maximum Gasteiger partial charge on any atom is 0.435 e. The molecular weight excluding hydrogens is 219 g/mol. The third-order valence-corrected chi connectivity index (χ3v) is 2.48. The average Bonchev–Trinajstić information content (AvgIpc) is 3.00. The van der Waals surface area contributed by atoms with Crippen molar-refractivity contribution in [2.75, 3.05) is 0 Å². The number of halogens is 3. The number of alkyl halides is 3. The Morgan fingerprint density at radius 2 is 2.00 bits per heavy atom. The van der Waals surface area contributed by atoms with E-state index in [4.69, 9.17) is 0 Å². The molecule has 0 amide bonds. The Bertz CT molecular complexity index is 357. The topological polar surface area (TPSA) is 37.8 Å². The molecule has 0 aliphatic heterocycles. The number of hydrogen-bond acceptors (Lipinski definition) is 3. The van der Waals surface area contributed by atoms with Gasteiger partial charge in [0.1, 0.15) is 0 Å². The Labute approximate surface area is 91.1 Å². The van der Waals surface area contributed by atoms with Crippen molar-refractivity contribution < 1.29 is 13.2 Å². The van der Waals surface area contributed by atoms with Gasteiger partial charge in [-0.15, -0.1) is 5.10 Å². The summed E-state index contributed by atoms with van der Waals surface area (Å²) in [5.41, 5.74) is -0.408. The van der Waals surface area contributed by atoms with E-state index in [-0.39, 0.29) is 6.04 Å². The Kier molecular flexibility index (Phi) is 2.84. The lowest BCUT2D eigenvalue weighted by Crippen LogP contribution is -2.22. The van der Waals surface area contributed by atoms with Gasteiger partial charge in [0.05, 0.1) is 5.69 Å². The number of hydrogen-bond donors (Lipinski definition) is 1. The lowest BCUT2D eigenvalue weighted by Gasteiger charge is -2.12. The first-order chi connectivity index (χ1) is 7.47. The lowest BCUT2D eigenvalue weighted by atomic mass is 10.2. The second-order valence-electron chi connectivity index (χ2n) is 4.00. The van der Waals surface area contributed by atoms with Crippen molar-refractivity contribution in [3.63, 3.8) is 0 Å². The van der Waals surface area contributed by atoms with Gasteiger partial charge in [0.25, 0.3) is 0 Å². The van der Waals surface area contributed by atoms with Crippen LogP contribution in [0.15, 0.2) is 12.1 Å². The third kappa shape index (κ3) is 2.69. The van der Waals surface area contributed by atoms with Crippen LogP contribution in [0.25, 0.3) is 0 Å². The normalized spacial score (nSPS) is 18.5. The fraction of sp³-hybridized carbons (Fsp3) is 0.600. The largest absolute Gasteiger partial charge is 0.435 e. The van der Waals surface area contributed by atoms with Crippen molar-refractivity contribution in [1.82, 2.24) is 15.5 Å². The van der Waals surface area contributed by atoms with Gasteiger partial charge in [-0.05, 0) is 31.9 Å². The van der Waals surface area contributed by atoms with Gasteiger partial charge in [-0.1, -0.05) is 0 Å². The molecule has 16 heavy (non-hydrogen) atoms. The Morgan fingerprint density at radius 1 is 1.31 bits per heavy atom. The zero-order valence-electron chi connectivity index (χ0n) is 8.75. The van der Waals surface area contributed by atoms with Crippen LogP contribution in [0.2, 0.25) is 0 Å². The molecule has 1 heterocycles. The van der Waals surface area contributed by atoms with Crippen molar-refractivity contribution in [3.8, 4) is 0 Å². The highest BCUT2D eigenvalue weighted by Crippen LogP contribution is 2.28. The minimum absolute atomic E-state index is 0.0534. The molecule has 3 nitrogen and oxygen atoms in total. The van der Waals surface area contributed by atoms with Crippen LogP contribution in [-0.2, 0) is 6.18 Å². The van der Waals surface area contributed by atoms with E-state index in [1.54, 1.807) is 0 Å². The average molecular weight is 231 g/mol. The van der Waals surface area contributed by atoms with Gasteiger partial charge in [-0.25, -0.2) is 0 Å². The van der Waals surface area contributed by atoms with Gasteiger partial charge in [-0.3, -0.25) is 0 Å². The predicted octanol–water partition coefficient (Wildman–Crippen LogP) is 2.31. The molecule has 0 saturated heterocycles. The first-order valence-corrected chi connectivity index (χ1v) is 5.13. The number of aromatic nitrogens is 2. The van der Waals surface area contributed by atoms with E-state index >= 15 is 0 Å². The van der Waals surface area contributed by atoms with E-state index in [1.165, 1.54) is 6.07 Å². The summed E-state index contributed by atoms with van der Waals surface area (Å²) in [6.45, 7) is 1.87. The third-order valence-electron chi connectivity index (χ3n) is 2.48. The fourth-order valence-corrected chi connectivity index (χ4v) is 1.41. The molecule has 6 heteroatoms. The highest BCUT2D eigenvalue weighted by molar-refractivity contribution is 5.12. The first-order valence-electron chi connectivity index (χ1n) is 5.13. The highest BCUT2D eigenvalue weighted by Gasteiger charge is 2.33. The van der Waals surface area contributed by atoms with Crippen LogP contribution in [-0.4, -0.2) is 16.2 Å². The lowest BCUT2D eigenvalue weighted by molar-refractivity contribution is -0.141. The SMILES string of the molecule is CC(NC1CC1)c1ccc(C(F)(F)F)nn1. The second kappa shape index (κ2) is 4.01. The van der Waals surface area contributed by atoms with Gasteiger partial charge >= 0.3 is 6.18 Å². The van der Waals surface area contributed by atoms with E-state index < -0.39 is 11.9 Å². The monoisotopic (exact) mass is 231 g/mol. The van der Waals surface area contributed by atoms with Crippen molar-refractivity contribution >= 4 is 0 Å². The Hall–Kier alpha value is -1.17. The zero-order valence-corrected chi connectivity index (χ0v) is 8.75. The van der Waals surface area contributed by atoms with Crippen molar-refractivity contribution in [2.45, 2.75) is 38.0 Å². The molecule has 1 fully saturated rings. The molecule has 1 aliphatic rings. The summed E-state index contributed by atoms with van der Waals surface area (Å²) in [6.07, 6.45) is -2.17. The number of nitrogens with one attached hydrogen (secondary N) is 1. The standard InChI is InChI=1S/C10H12F3N3/c1-6(14-7-2-3-7)8-4-5-9(16-15-8)10(11,12)13/h4-7,14H,2-3H2,1H3. The maximum absolute atomic E-state index is 12.2. The molecule has 1 aromatic heterocycles. The molecule has 1 unspecified atom stereocenters. The van der Waals surface area contributed by atoms with E-state index in [9.17, 15) is 13.2 Å². The molecule has 0 aromatic carbocycles. The molecule has 1 atom stereocenters. The minimum Gasteiger partial charge on any atom is -0.306 e. The van der Waals surface area contributed by atoms with Crippen LogP contribution in [0.1, 0.15) is 37.2 Å². The molecule has 0 bridgehead atoms. The van der Waals surface area contributed by atoms with E-state index in [2.05, 4.69) is 15.5 Å². The molecule has 1 saturated carbocycles. The summed E-state index contributed by atoms with van der Waals surface area (Å²) in [5.74, 6) is 0. The molecule has 1 N–H and O–H groups in total. The predicted molar refractivity (Wildman–Crippen MR) is 51.6 cm³/mol. The van der Waals surface area contributed by atoms with Gasteiger partial charge in [0, 0.05) is 12.1 Å². The summed E-state index contributed by atoms with van der Waals surface area (Å²) in [5, 5.41) is 10.0. The quantitative estimate of drug-likeness (QED) is 0.867. The fourth-order valence-electron chi connectivity index (χ4n) is 1.41. The van der Waals surface area contributed by atoms with Crippen LogP contribution in [0, 0.1) is 0 Å². The molecule has 88 valence electrons. The van der Waals surface area contributed by atoms with Gasteiger partial charge < -0.3 is 5.32 Å². The summed E-state index contributed by atoms with van der Waals surface area (Å²) < 4.78 is 36.7. The second-order valence-corrected chi connectivity index (χ2v) is 4.00. The summed E-state index contributed by atoms with van der Waals surface area (Å²) in [4.78, 5) is 0. The zero-order chi connectivity index (χ0) is 11.8. The van der Waals surface area contributed by atoms with Gasteiger partial charge in [0.15, 0.2) is 5.69 Å². The van der Waals surface area contributed by atoms with Crippen molar-refractivity contribution in [3.05, 3.63) is 23.5 Å². The first kappa shape index (κ1) is 11.3. The van der Waals surface area contributed by atoms with E-state index in [0.717, 1.165) is 18.9 Å². The van der Waals surface area contributed by atoms with Crippen molar-refractivity contribution in [1.29, 1.82) is 0 Å². The van der Waals surface area contributed by atoms with Crippen LogP contribution < -0.4 is 5.32 Å². The molecule has 1 aromatic rings. The summed E-state index contributed by atoms with van der Waals surface area (Å²) in [6, 6.07) is 2.77. The minimum atomic E-state index is -4.42. The molecule has 0 spiro atoms. The van der Waals surface area contributed by atoms with E-state index in [0.29, 0.717) is 11.7 Å². The molecule has 2 rings (SSSR count). The molecular formula is C10H12F3N3. The van der Waals surface area contributed by atoms with E-state index in [1.807, 2.05) is 6.92 Å². The van der Waals surface area contributed by atoms with Gasteiger partial charge in [0.2, 0.25) is 0 Å². The maximum atomic E-state index is 12.2. The van der Waals surface area contributed by atoms with Crippen LogP contribution in [0.3, 0.4) is 0 Å². The van der Waals surface area contributed by atoms with Crippen LogP contribution in [0.4, 0.5) is 13.2 Å². The van der Waals surface area contributed by atoms with Crippen LogP contribution in [0.5, 0.6) is 0 Å². The number of nitrogens with zero attached hydrogens (tertiary/aromatic N) is 2. The molecule has 0 radical (unpaired) electrons. The smallest absolute Gasteiger partial charge is 0.306 e. The Morgan fingerprint density at radius 3 is 2.44 bits per heavy atom. The molecule has 1 aliphatic carbocycles. The highest BCUT2D eigenvalue weighted by atomic mass is 19.4. The van der Waals surface area contributed by atoms with Crippen molar-refractivity contribution in [2.24, 2.45) is 0 Å². The summed E-state index contributed by atoms with van der Waals surface area (Å²) in [7, 11) is 0. The van der Waals surface area contributed by atoms with Gasteiger partial charge in [-0.2, -0.15) is 18.3 Å².